The van der Waals surface area contributed by atoms with E-state index in [9.17, 15) is 41.5 Å². The predicted molar refractivity (Wildman–Crippen MR) is 113 cm³/mol. The van der Waals surface area contributed by atoms with Crippen LogP contribution >= 0.6 is 0 Å². The van der Waals surface area contributed by atoms with Crippen molar-refractivity contribution in [2.75, 3.05) is 6.54 Å². The number of nitrogens with zero attached hydrogens (tertiary/aromatic N) is 4. The van der Waals surface area contributed by atoms with E-state index in [0.717, 1.165) is 6.07 Å². The van der Waals surface area contributed by atoms with Gasteiger partial charge in [-0.2, -0.15) is 18.4 Å². The number of imidazole rings is 1. The number of hydrogen-bond acceptors (Lipinski definition) is 7. The van der Waals surface area contributed by atoms with E-state index in [0.29, 0.717) is 11.9 Å². The molecule has 1 aromatic heterocycles. The minimum atomic E-state index is -5.02. The number of likely N-dealkylation sites (tertiary alicyclic amines) is 1. The molecule has 0 bridgehead atoms. The van der Waals surface area contributed by atoms with Gasteiger partial charge in [0.05, 0.1) is 21.8 Å². The van der Waals surface area contributed by atoms with Crippen molar-refractivity contribution in [1.29, 1.82) is 5.26 Å². The van der Waals surface area contributed by atoms with E-state index in [1.165, 1.54) is 27.9 Å². The molecule has 2 fully saturated rings. The van der Waals surface area contributed by atoms with E-state index < -0.39 is 74.1 Å². The van der Waals surface area contributed by atoms with Crippen molar-refractivity contribution in [1.82, 2.24) is 14.5 Å². The second-order valence-electron chi connectivity index (χ2n) is 8.64. The van der Waals surface area contributed by atoms with Gasteiger partial charge >= 0.3 is 12.1 Å². The molecule has 1 amide bonds. The lowest BCUT2D eigenvalue weighted by Crippen LogP contribution is -2.42. The molecule has 2 aliphatic rings. The average Bonchev–Trinajstić information content (AvgIpc) is 3.11. The number of carbonyl (C=O) groups is 2. The molecule has 1 saturated carbocycles. The Hall–Kier alpha value is -3.44. The Labute approximate surface area is 197 Å². The van der Waals surface area contributed by atoms with Gasteiger partial charge in [-0.1, -0.05) is 0 Å². The van der Waals surface area contributed by atoms with Crippen LogP contribution in [0, 0.1) is 23.7 Å². The number of carboxylic acids is 1. The zero-order valence-electron chi connectivity index (χ0n) is 18.2. The predicted octanol–water partition coefficient (Wildman–Crippen LogP) is 1.27. The number of nitriles is 1. The first kappa shape index (κ1) is 24.7. The Kier molecular flexibility index (Phi) is 5.68. The van der Waals surface area contributed by atoms with Crippen LogP contribution in [0.15, 0.2) is 35.5 Å². The van der Waals surface area contributed by atoms with Gasteiger partial charge in [-0.25, -0.2) is 13.4 Å². The first-order valence-corrected chi connectivity index (χ1v) is 11.9. The normalized spacial score (nSPS) is 26.9. The standard InChI is InChI=1S/C21H20F3N5O5S/c1-11-27-4-5-28(11)12-2-3-16(14(6-12)21(22,23)24)35(33,34)13-7-15(18(30)31)29(9-13)17-8-20(17,10-25)19(26)32/h2-6,13,15,17H,7-9H2,1H3,(H2,26,32)(H,30,31)/t13-,15+,17?,20?/m1/s1. The molecule has 10 nitrogen and oxygen atoms in total. The molecule has 2 aromatic rings. The van der Waals surface area contributed by atoms with Crippen LogP contribution in [0.3, 0.4) is 0 Å². The molecule has 4 atom stereocenters. The monoisotopic (exact) mass is 511 g/mol. The molecule has 0 spiro atoms. The van der Waals surface area contributed by atoms with Gasteiger partial charge in [0, 0.05) is 30.7 Å². The molecule has 14 heteroatoms. The maximum Gasteiger partial charge on any atom is 0.417 e. The first-order valence-electron chi connectivity index (χ1n) is 10.4. The van der Waals surface area contributed by atoms with E-state index in [-0.39, 0.29) is 12.1 Å². The first-order chi connectivity index (χ1) is 16.2. The molecule has 0 radical (unpaired) electrons. The molecular weight excluding hydrogens is 491 g/mol. The van der Waals surface area contributed by atoms with Gasteiger partial charge in [0.15, 0.2) is 15.3 Å². The quantitative estimate of drug-likeness (QED) is 0.586. The van der Waals surface area contributed by atoms with Gasteiger partial charge < -0.3 is 15.4 Å². The van der Waals surface area contributed by atoms with Crippen LogP contribution in [0.4, 0.5) is 13.2 Å². The summed E-state index contributed by atoms with van der Waals surface area (Å²) in [4.78, 5) is 27.7. The Morgan fingerprint density at radius 3 is 2.51 bits per heavy atom. The molecule has 4 rings (SSSR count). The van der Waals surface area contributed by atoms with E-state index in [1.54, 1.807) is 13.0 Å². The average molecular weight is 511 g/mol. The van der Waals surface area contributed by atoms with Crippen LogP contribution in [-0.2, 0) is 25.6 Å². The number of alkyl halides is 3. The van der Waals surface area contributed by atoms with Crippen LogP contribution in [0.5, 0.6) is 0 Å². The van der Waals surface area contributed by atoms with Crippen molar-refractivity contribution < 1.29 is 36.3 Å². The van der Waals surface area contributed by atoms with Crippen molar-refractivity contribution in [3.05, 3.63) is 42.0 Å². The lowest BCUT2D eigenvalue weighted by Gasteiger charge is -2.22. The number of sulfone groups is 1. The summed E-state index contributed by atoms with van der Waals surface area (Å²) in [6, 6.07) is 2.20. The minimum absolute atomic E-state index is 0.0565. The molecule has 1 aliphatic heterocycles. The third-order valence-corrected chi connectivity index (χ3v) is 8.86. The lowest BCUT2D eigenvalue weighted by atomic mass is 10.1. The number of aliphatic carboxylic acids is 1. The highest BCUT2D eigenvalue weighted by Crippen LogP contribution is 2.51. The van der Waals surface area contributed by atoms with Gasteiger partial charge in [0.2, 0.25) is 5.91 Å². The number of halogens is 3. The Morgan fingerprint density at radius 1 is 1.34 bits per heavy atom. The number of carbonyl (C=O) groups excluding carboxylic acids is 1. The van der Waals surface area contributed by atoms with E-state index in [1.807, 2.05) is 0 Å². The van der Waals surface area contributed by atoms with Gasteiger partial charge in [-0.3, -0.25) is 14.5 Å². The van der Waals surface area contributed by atoms with Crippen molar-refractivity contribution in [2.45, 2.75) is 48.2 Å². The molecule has 2 unspecified atom stereocenters. The molecule has 1 saturated heterocycles. The van der Waals surface area contributed by atoms with Crippen molar-refractivity contribution in [3.8, 4) is 11.8 Å². The van der Waals surface area contributed by atoms with Gasteiger partial charge in [-0.05, 0) is 38.0 Å². The highest BCUT2D eigenvalue weighted by Gasteiger charge is 2.66. The third-order valence-electron chi connectivity index (χ3n) is 6.67. The smallest absolute Gasteiger partial charge is 0.417 e. The van der Waals surface area contributed by atoms with E-state index >= 15 is 0 Å². The van der Waals surface area contributed by atoms with Gasteiger partial charge in [-0.15, -0.1) is 0 Å². The molecular formula is C21H20F3N5O5S. The number of amides is 1. The van der Waals surface area contributed by atoms with Crippen molar-refractivity contribution in [2.24, 2.45) is 11.1 Å². The molecule has 186 valence electrons. The summed E-state index contributed by atoms with van der Waals surface area (Å²) in [7, 11) is -4.67. The minimum Gasteiger partial charge on any atom is -0.480 e. The number of benzene rings is 1. The maximum atomic E-state index is 14.0. The van der Waals surface area contributed by atoms with E-state index in [4.69, 9.17) is 5.73 Å². The Balaban J connectivity index is 1.73. The highest BCUT2D eigenvalue weighted by atomic mass is 32.2. The fourth-order valence-electron chi connectivity index (χ4n) is 4.69. The Morgan fingerprint density at radius 2 is 2.03 bits per heavy atom. The second-order valence-corrected chi connectivity index (χ2v) is 10.8. The molecule has 3 N–H and O–H groups in total. The summed E-state index contributed by atoms with van der Waals surface area (Å²) in [5.41, 5.74) is 2.29. The summed E-state index contributed by atoms with van der Waals surface area (Å²) < 4.78 is 70.0. The van der Waals surface area contributed by atoms with E-state index in [2.05, 4.69) is 4.98 Å². The summed E-state index contributed by atoms with van der Waals surface area (Å²) >= 11 is 0. The zero-order chi connectivity index (χ0) is 25.9. The van der Waals surface area contributed by atoms with Crippen LogP contribution in [0.1, 0.15) is 24.2 Å². The summed E-state index contributed by atoms with van der Waals surface area (Å²) in [5.74, 6) is -1.98. The fourth-order valence-corrected chi connectivity index (χ4v) is 6.59. The molecule has 35 heavy (non-hydrogen) atoms. The summed E-state index contributed by atoms with van der Waals surface area (Å²) in [6.45, 7) is 1.11. The number of rotatable bonds is 6. The maximum absolute atomic E-state index is 14.0. The number of primary amides is 1. The van der Waals surface area contributed by atoms with Gasteiger partial charge in [0.25, 0.3) is 0 Å². The lowest BCUT2D eigenvalue weighted by molar-refractivity contribution is -0.143. The van der Waals surface area contributed by atoms with Gasteiger partial charge in [0.1, 0.15) is 11.9 Å². The number of hydrogen-bond donors (Lipinski definition) is 2. The zero-order valence-corrected chi connectivity index (χ0v) is 19.0. The largest absolute Gasteiger partial charge is 0.480 e. The van der Waals surface area contributed by atoms with Crippen LogP contribution in [-0.4, -0.2) is 63.7 Å². The third kappa shape index (κ3) is 3.94. The van der Waals surface area contributed by atoms with Crippen molar-refractivity contribution >= 4 is 21.7 Å². The molecule has 1 aromatic carbocycles. The van der Waals surface area contributed by atoms with Crippen LogP contribution < -0.4 is 5.73 Å². The number of nitrogens with two attached hydrogens (primary N) is 1. The molecule has 1 aliphatic carbocycles. The summed E-state index contributed by atoms with van der Waals surface area (Å²) in [6.07, 6.45) is -2.79. The van der Waals surface area contributed by atoms with Crippen LogP contribution in [0.25, 0.3) is 5.69 Å². The number of aryl methyl sites for hydroxylation is 1. The number of carboxylic acid groups (broad SMARTS) is 1. The highest BCUT2D eigenvalue weighted by molar-refractivity contribution is 7.92. The SMILES string of the molecule is Cc1nccn1-c1ccc(S(=O)(=O)[C@@H]2C[C@@H](C(=O)O)N(C3CC3(C#N)C(N)=O)C2)c(C(F)(F)F)c1. The number of aromatic nitrogens is 2. The van der Waals surface area contributed by atoms with Crippen LogP contribution in [0.2, 0.25) is 0 Å². The topological polar surface area (TPSA) is 159 Å². The fraction of sp³-hybridized carbons (Fsp3) is 0.429. The summed E-state index contributed by atoms with van der Waals surface area (Å²) in [5, 5.41) is 17.5. The van der Waals surface area contributed by atoms with Crippen molar-refractivity contribution in [3.63, 3.8) is 0 Å². The Bertz CT molecular complexity index is 1370. The second kappa shape index (κ2) is 8.06. The molecule has 2 heterocycles.